The van der Waals surface area contributed by atoms with Gasteiger partial charge in [-0.05, 0) is 99.3 Å². The zero-order valence-corrected chi connectivity index (χ0v) is 61.4. The Labute approximate surface area is 620 Å². The molecule has 3 heterocycles. The van der Waals surface area contributed by atoms with E-state index in [-0.39, 0.29) is 81.2 Å². The fraction of sp³-hybridized carbons (Fsp3) is 0.522. The number of H-pyrrole nitrogens is 2. The zero-order chi connectivity index (χ0) is 79.2. The first-order valence-corrected chi connectivity index (χ1v) is 35.9. The summed E-state index contributed by atoms with van der Waals surface area (Å²) in [5, 5.41) is 65.4. The van der Waals surface area contributed by atoms with E-state index in [0.717, 1.165) is 4.90 Å². The number of anilines is 1. The van der Waals surface area contributed by atoms with Crippen LogP contribution in [-0.2, 0) is 84.8 Å². The third-order valence-corrected chi connectivity index (χ3v) is 18.0. The number of rotatable bonds is 45. The van der Waals surface area contributed by atoms with E-state index in [4.69, 9.17) is 5.73 Å². The van der Waals surface area contributed by atoms with Gasteiger partial charge < -0.3 is 89.3 Å². The average Bonchev–Trinajstić information content (AvgIpc) is 1.79. The highest BCUT2D eigenvalue weighted by atomic mass is 32.2. The number of nitrogens with two attached hydrogens (primary N) is 1. The number of fused-ring (bicyclic) bond motifs is 1. The van der Waals surface area contributed by atoms with Gasteiger partial charge in [-0.3, -0.25) is 91.4 Å². The molecule has 0 radical (unpaired) electrons. The number of Topliss-reactive ketones (excluding diaryl/α,β-unsaturated/α-hetero) is 1. The van der Waals surface area contributed by atoms with Gasteiger partial charge in [0, 0.05) is 97.6 Å². The van der Waals surface area contributed by atoms with Crippen molar-refractivity contribution in [1.29, 1.82) is 0 Å². The number of imidazole rings is 1. The molecule has 0 aliphatic carbocycles. The van der Waals surface area contributed by atoms with E-state index in [1.165, 1.54) is 72.2 Å². The molecule has 4 aromatic rings. The summed E-state index contributed by atoms with van der Waals surface area (Å²) in [7, 11) is 0. The first kappa shape index (κ1) is 86.8. The molecule has 5 rings (SSSR count). The molecule has 2 aromatic heterocycles. The second kappa shape index (κ2) is 42.3. The van der Waals surface area contributed by atoms with Gasteiger partial charge in [0.1, 0.15) is 36.3 Å². The molecule has 0 bridgehead atoms. The molecule has 18 N–H and O–H groups in total. The molecule has 0 spiro atoms. The number of carboxylic acids is 4. The highest BCUT2D eigenvalue weighted by Crippen LogP contribution is 2.28. The van der Waals surface area contributed by atoms with Gasteiger partial charge in [-0.25, -0.2) is 4.98 Å². The van der Waals surface area contributed by atoms with Crippen LogP contribution in [0.25, 0.3) is 10.9 Å². The molecule has 7 atom stereocenters. The number of aromatic nitrogens is 3. The minimum Gasteiger partial charge on any atom is -0.480 e. The number of hydrogen-bond acceptors (Lipinski definition) is 21. The molecule has 107 heavy (non-hydrogen) atoms. The van der Waals surface area contributed by atoms with Crippen molar-refractivity contribution in [2.75, 3.05) is 82.8 Å². The SMILES string of the molecule is CSCCC(NC(=O)[C@H](CC(C)C)NC(=O)[C@H](Cc1cnc[nH]1)NC(=O)CNC(=O)[C@@H](NC(=O)C(C)NC(=O)[C@H](Cc1c[nH]c2ccccc12)NC(=O)C(CCC(N)=O)NC(=O)c1ccc(NC(=O)CNC(=O)CCC2(N(CC(=O)O)CC(=O)O)CN(CC(=O)O)CCN(CC(=O)O)C2)cc1)C(C)C)C(C)=O. The van der Waals surface area contributed by atoms with Crippen molar-refractivity contribution >= 4 is 123 Å². The standard InChI is InChI=1S/C69H97N17O20S/c1-38(2)24-50(66(104)79-47(41(6)87)19-23-107-7)81-67(105)52(26-45-28-71-37-75-45)78-56(91)30-74-68(106)61(39(3)4)83-62(100)40(5)76-65(103)51(25-43-27-72-48-11-9-8-10-46(43)48)82-64(102)49(16-17-53(70)88)80-63(101)42-12-14-44(15-13-42)77-55(90)29-73-54(89)18-20-69(86(33-59(96)97)34-60(98)99)35-84(31-57(92)93)21-22-85(36-69)32-58(94)95/h8-15,27-28,37-40,47,49-52,61,72H,16-26,29-36H2,1-7H3,(H2,70,88)(H,71,75)(H,73,89)(H,74,106)(H,76,103)(H,77,90)(H,78,91)(H,79,104)(H,80,101)(H,81,105)(H,82,102)(H,83,100)(H,92,93)(H,94,95)(H,96,97)(H,98,99)/t40?,47?,49?,50-,51-,52-,61-/m0/s1. The molecule has 37 nitrogen and oxygen atoms in total. The van der Waals surface area contributed by atoms with Crippen molar-refractivity contribution < 1.29 is 97.1 Å². The molecule has 3 unspecified atom stereocenters. The Bertz CT molecular complexity index is 3770. The topological polar surface area (TPSA) is 555 Å². The number of carbonyl (C=O) groups is 16. The molecule has 38 heteroatoms. The number of carbonyl (C=O) groups excluding carboxylic acids is 12. The Kier molecular flexibility index (Phi) is 34.3. The van der Waals surface area contributed by atoms with Crippen LogP contribution in [0.4, 0.5) is 5.69 Å². The van der Waals surface area contributed by atoms with E-state index in [0.29, 0.717) is 34.3 Å². The molecule has 1 fully saturated rings. The summed E-state index contributed by atoms with van der Waals surface area (Å²) in [6.45, 7) is 4.86. The number of amides is 11. The fourth-order valence-electron chi connectivity index (χ4n) is 11.9. The van der Waals surface area contributed by atoms with Crippen molar-refractivity contribution in [1.82, 2.24) is 77.5 Å². The Morgan fingerprint density at radius 1 is 0.607 bits per heavy atom. The highest BCUT2D eigenvalue weighted by molar-refractivity contribution is 7.98. The van der Waals surface area contributed by atoms with E-state index in [1.807, 2.05) is 20.1 Å². The number of nitrogens with one attached hydrogen (secondary N) is 12. The van der Waals surface area contributed by atoms with Crippen molar-refractivity contribution in [2.24, 2.45) is 17.6 Å². The van der Waals surface area contributed by atoms with E-state index in [9.17, 15) is 97.1 Å². The third kappa shape index (κ3) is 29.2. The molecule has 0 saturated carbocycles. The molecule has 584 valence electrons. The van der Waals surface area contributed by atoms with Gasteiger partial charge in [0.05, 0.1) is 51.6 Å². The van der Waals surface area contributed by atoms with Gasteiger partial charge in [-0.1, -0.05) is 45.9 Å². The van der Waals surface area contributed by atoms with Gasteiger partial charge in [0.15, 0.2) is 5.78 Å². The number of primary amides is 1. The van der Waals surface area contributed by atoms with Gasteiger partial charge in [0.25, 0.3) is 5.91 Å². The summed E-state index contributed by atoms with van der Waals surface area (Å²) >= 11 is 1.50. The van der Waals surface area contributed by atoms with Crippen LogP contribution in [0, 0.1) is 11.8 Å². The molecule has 1 saturated heterocycles. The van der Waals surface area contributed by atoms with Crippen LogP contribution in [0.1, 0.15) is 102 Å². The van der Waals surface area contributed by atoms with Crippen molar-refractivity contribution in [3.05, 3.63) is 84.1 Å². The lowest BCUT2D eigenvalue weighted by Gasteiger charge is -2.45. The van der Waals surface area contributed by atoms with Crippen LogP contribution in [0.15, 0.2) is 67.3 Å². The number of aromatic amines is 2. The Balaban J connectivity index is 1.24. The number of carboxylic acid groups (broad SMARTS) is 4. The van der Waals surface area contributed by atoms with Crippen LogP contribution < -0.4 is 58.9 Å². The average molecular weight is 1520 g/mol. The highest BCUT2D eigenvalue weighted by Gasteiger charge is 2.45. The number of nitrogens with zero attached hydrogens (tertiary/aromatic N) is 4. The smallest absolute Gasteiger partial charge is 0.317 e. The van der Waals surface area contributed by atoms with Crippen molar-refractivity contribution in [3.63, 3.8) is 0 Å². The van der Waals surface area contributed by atoms with Gasteiger partial charge >= 0.3 is 23.9 Å². The van der Waals surface area contributed by atoms with E-state index in [2.05, 4.69) is 68.1 Å². The number of para-hydroxylation sites is 1. The lowest BCUT2D eigenvalue weighted by molar-refractivity contribution is -0.148. The molecule has 1 aliphatic heterocycles. The maximum absolute atomic E-state index is 14.5. The van der Waals surface area contributed by atoms with E-state index in [1.54, 1.807) is 44.3 Å². The molecule has 2 aromatic carbocycles. The van der Waals surface area contributed by atoms with Crippen LogP contribution >= 0.6 is 11.8 Å². The summed E-state index contributed by atoms with van der Waals surface area (Å²) < 4.78 is 0. The summed E-state index contributed by atoms with van der Waals surface area (Å²) in [6, 6.07) is 3.28. The zero-order valence-electron chi connectivity index (χ0n) is 60.6. The van der Waals surface area contributed by atoms with Crippen LogP contribution in [0.2, 0.25) is 0 Å². The predicted molar refractivity (Wildman–Crippen MR) is 387 cm³/mol. The van der Waals surface area contributed by atoms with Crippen molar-refractivity contribution in [2.45, 2.75) is 141 Å². The summed E-state index contributed by atoms with van der Waals surface area (Å²) in [5.41, 5.74) is 5.60. The number of aliphatic carboxylic acids is 4. The van der Waals surface area contributed by atoms with Crippen LogP contribution in [0.3, 0.4) is 0 Å². The quantitative estimate of drug-likeness (QED) is 0.0221. The third-order valence-electron chi connectivity index (χ3n) is 17.3. The van der Waals surface area contributed by atoms with Crippen LogP contribution in [-0.4, -0.2) is 270 Å². The van der Waals surface area contributed by atoms with Gasteiger partial charge in [0.2, 0.25) is 59.1 Å². The van der Waals surface area contributed by atoms with Gasteiger partial charge in [-0.2, -0.15) is 11.8 Å². The minimum absolute atomic E-state index is 0.0101. The Morgan fingerprint density at radius 3 is 1.76 bits per heavy atom. The van der Waals surface area contributed by atoms with E-state index >= 15 is 0 Å². The Morgan fingerprint density at radius 2 is 1.19 bits per heavy atom. The first-order valence-electron chi connectivity index (χ1n) is 34.5. The molecule has 11 amide bonds. The number of ketones is 1. The summed E-state index contributed by atoms with van der Waals surface area (Å²) in [6.07, 6.45) is 4.96. The Hall–Kier alpha value is -10.9. The summed E-state index contributed by atoms with van der Waals surface area (Å²) in [4.78, 5) is 224. The maximum Gasteiger partial charge on any atom is 0.317 e. The normalized spacial score (nSPS) is 15.0. The summed E-state index contributed by atoms with van der Waals surface area (Å²) in [5.74, 6) is -14.8. The number of benzene rings is 2. The largest absolute Gasteiger partial charge is 0.480 e. The monoisotopic (exact) mass is 1520 g/mol. The lowest BCUT2D eigenvalue weighted by Crippen LogP contribution is -2.62. The molecular formula is C69H97N17O20S. The number of hydrogen-bond donors (Lipinski definition) is 17. The van der Waals surface area contributed by atoms with Gasteiger partial charge in [-0.15, -0.1) is 0 Å². The second-order valence-corrected chi connectivity index (χ2v) is 27.8. The van der Waals surface area contributed by atoms with Crippen LogP contribution in [0.5, 0.6) is 0 Å². The second-order valence-electron chi connectivity index (χ2n) is 26.9. The fourth-order valence-corrected chi connectivity index (χ4v) is 12.4. The molecular weight excluding hydrogens is 1420 g/mol. The minimum atomic E-state index is -1.60. The number of thioether (sulfide) groups is 1. The first-order chi connectivity index (χ1) is 50.5. The molecule has 1 aliphatic rings. The lowest BCUT2D eigenvalue weighted by atomic mass is 9.89. The van der Waals surface area contributed by atoms with Crippen molar-refractivity contribution in [3.8, 4) is 0 Å². The maximum atomic E-state index is 14.5. The van der Waals surface area contributed by atoms with E-state index < -0.39 is 195 Å². The predicted octanol–water partition coefficient (Wildman–Crippen LogP) is -2.34.